The number of likely N-dealkylation sites (tertiary alicyclic amines) is 2. The molecule has 0 bridgehead atoms. The maximum atomic E-state index is 13.9. The summed E-state index contributed by atoms with van der Waals surface area (Å²) in [6.45, 7) is 0.354. The Bertz CT molecular complexity index is 2790. The van der Waals surface area contributed by atoms with Crippen LogP contribution in [0.2, 0.25) is 0 Å². The van der Waals surface area contributed by atoms with Gasteiger partial charge in [0.15, 0.2) is 0 Å². The van der Waals surface area contributed by atoms with E-state index >= 15 is 0 Å². The van der Waals surface area contributed by atoms with Gasteiger partial charge in [-0.1, -0.05) is 49.9 Å². The van der Waals surface area contributed by atoms with E-state index in [0.717, 1.165) is 60.0 Å². The van der Waals surface area contributed by atoms with Crippen LogP contribution in [0.3, 0.4) is 0 Å². The number of tetrazole rings is 1. The lowest BCUT2D eigenvalue weighted by Crippen LogP contribution is -2.45. The number of hydrogen-bond acceptors (Lipinski definition) is 12. The van der Waals surface area contributed by atoms with Crippen LogP contribution in [-0.2, 0) is 23.6 Å². The molecule has 418 valence electrons. The first kappa shape index (κ1) is 56.6. The van der Waals surface area contributed by atoms with Gasteiger partial charge in [-0.15, -0.1) is 15.3 Å². The van der Waals surface area contributed by atoms with E-state index in [1.165, 1.54) is 41.3 Å². The Labute approximate surface area is 434 Å². The quantitative estimate of drug-likeness (QED) is 0.0610. The predicted octanol–water partition coefficient (Wildman–Crippen LogP) is 8.17. The molecule has 5 aromatic rings. The number of carboxylic acid groups (broad SMARTS) is 1. The number of carbonyl (C=O) groups excluding carboxylic acids is 2. The van der Waals surface area contributed by atoms with Gasteiger partial charge in [-0.3, -0.25) is 24.2 Å². The number of nitrogens with zero attached hydrogens (tertiary/aromatic N) is 11. The number of amides is 2. The van der Waals surface area contributed by atoms with E-state index in [9.17, 15) is 63.4 Å². The number of aromatic nitrogens is 10. The third-order valence-corrected chi connectivity index (χ3v) is 14.2. The average Bonchev–Trinajstić information content (AvgIpc) is 4.24. The molecule has 4 aliphatic rings. The van der Waals surface area contributed by atoms with E-state index in [0.29, 0.717) is 50.4 Å². The summed E-state index contributed by atoms with van der Waals surface area (Å²) in [4.78, 5) is 49.6. The van der Waals surface area contributed by atoms with Crippen molar-refractivity contribution in [1.82, 2.24) is 70.6 Å². The Morgan fingerprint density at radius 2 is 1.13 bits per heavy atom. The molecule has 2 saturated heterocycles. The molecule has 3 aromatic heterocycles. The minimum absolute atomic E-state index is 0.0984. The zero-order valence-electron chi connectivity index (χ0n) is 41.6. The van der Waals surface area contributed by atoms with Gasteiger partial charge in [0.2, 0.25) is 11.6 Å². The number of carboxylic acids is 1. The van der Waals surface area contributed by atoms with E-state index in [1.54, 1.807) is 4.90 Å². The van der Waals surface area contributed by atoms with E-state index in [-0.39, 0.29) is 86.0 Å². The van der Waals surface area contributed by atoms with Crippen molar-refractivity contribution < 1.29 is 63.4 Å². The second-order valence-corrected chi connectivity index (χ2v) is 20.1. The second-order valence-electron chi connectivity index (χ2n) is 20.1. The molecule has 5 heterocycles. The normalized spacial score (nSPS) is 19.2. The highest BCUT2D eigenvalue weighted by Gasteiger charge is 2.41. The monoisotopic (exact) mass is 1100 g/mol. The summed E-state index contributed by atoms with van der Waals surface area (Å²) in [5.41, 5.74) is -2.24. The molecule has 0 radical (unpaired) electrons. The van der Waals surface area contributed by atoms with Crippen molar-refractivity contribution >= 4 is 17.8 Å². The van der Waals surface area contributed by atoms with Crippen molar-refractivity contribution in [1.29, 1.82) is 0 Å². The van der Waals surface area contributed by atoms with Gasteiger partial charge in [-0.2, -0.15) is 26.3 Å². The van der Waals surface area contributed by atoms with Crippen molar-refractivity contribution in [2.24, 2.45) is 0 Å². The molecule has 0 spiro atoms. The molecule has 18 nitrogen and oxygen atoms in total. The summed E-state index contributed by atoms with van der Waals surface area (Å²) in [6, 6.07) is 8.49. The van der Waals surface area contributed by atoms with E-state index in [2.05, 4.69) is 51.4 Å². The third kappa shape index (κ3) is 14.9. The number of aliphatic carboxylic acids is 1. The summed E-state index contributed by atoms with van der Waals surface area (Å²) in [6.07, 6.45) is -2.79. The molecule has 2 amide bonds. The maximum absolute atomic E-state index is 13.9. The standard InChI is InChI=1S/C25H30F5N9O.C24H28F5N5O3/c26-24(27)11-5-12-38(15-24)13-10-17(14-20-33-36-37-34-20)31-23(40)21-32-22(16-6-1-2-7-16)39(35-21)19-9-4-3-8-18(19)25(28,29)30;25-23(26)10-12-33(14-23)11-9-16(13-19(35)36)30-22(37)20-31-21(15-5-1-2-6-15)34(32-20)18-8-4-3-7-17(18)24(27,28)29/h3-4,8-9,16-17H,1-2,5-7,10-15H2,(H,31,40)(H,33,34,36,37);3-4,7-8,15-16H,1-2,5-6,9-14H2,(H,30,37)(H,35,36). The molecule has 4 N–H and O–H groups in total. The van der Waals surface area contributed by atoms with Gasteiger partial charge in [0.05, 0.1) is 42.0 Å². The van der Waals surface area contributed by atoms with Crippen LogP contribution in [0.1, 0.15) is 152 Å². The molecule has 2 unspecified atom stereocenters. The number of benzene rings is 2. The molecule has 4 fully saturated rings. The first-order chi connectivity index (χ1) is 36.5. The van der Waals surface area contributed by atoms with Crippen LogP contribution in [-0.4, -0.2) is 146 Å². The zero-order chi connectivity index (χ0) is 55.1. The minimum Gasteiger partial charge on any atom is -0.481 e. The van der Waals surface area contributed by atoms with Gasteiger partial charge < -0.3 is 15.7 Å². The summed E-state index contributed by atoms with van der Waals surface area (Å²) in [5, 5.41) is 36.6. The van der Waals surface area contributed by atoms with Crippen LogP contribution in [0.5, 0.6) is 0 Å². The SMILES string of the molecule is O=C(NC(CCN1CCCC(F)(F)C1)Cc1nnn[nH]1)c1nc(C2CCCC2)n(-c2ccccc2C(F)(F)F)n1.O=C(O)CC(CCN1CCC(F)(F)C1)NC(=O)c1nc(C2CCCC2)n(-c2ccccc2C(F)(F)F)n1. The summed E-state index contributed by atoms with van der Waals surface area (Å²) in [7, 11) is 0. The summed E-state index contributed by atoms with van der Waals surface area (Å²) < 4.78 is 140. The number of para-hydroxylation sites is 2. The minimum atomic E-state index is -4.66. The van der Waals surface area contributed by atoms with Crippen molar-refractivity contribution in [2.75, 3.05) is 39.3 Å². The Morgan fingerprint density at radius 1 is 0.662 bits per heavy atom. The van der Waals surface area contributed by atoms with Crippen LogP contribution in [0, 0.1) is 0 Å². The molecule has 77 heavy (non-hydrogen) atoms. The first-order valence-electron chi connectivity index (χ1n) is 25.6. The van der Waals surface area contributed by atoms with Gasteiger partial charge in [-0.25, -0.2) is 42.0 Å². The maximum Gasteiger partial charge on any atom is 0.418 e. The molecule has 9 rings (SSSR count). The average molecular weight is 1100 g/mol. The number of H-pyrrole nitrogens is 1. The van der Waals surface area contributed by atoms with Crippen molar-refractivity contribution in [3.05, 3.63) is 88.8 Å². The molecular formula is C49H58F10N14O4. The molecular weight excluding hydrogens is 1040 g/mol. The number of aromatic amines is 1. The molecule has 28 heteroatoms. The smallest absolute Gasteiger partial charge is 0.418 e. The topological polar surface area (TPSA) is 218 Å². The lowest BCUT2D eigenvalue weighted by atomic mass is 10.1. The fourth-order valence-electron chi connectivity index (χ4n) is 10.5. The highest BCUT2D eigenvalue weighted by atomic mass is 19.4. The van der Waals surface area contributed by atoms with Gasteiger partial charge in [-0.05, 0) is 86.2 Å². The first-order valence-corrected chi connectivity index (χ1v) is 25.6. The number of alkyl halides is 10. The van der Waals surface area contributed by atoms with Gasteiger partial charge >= 0.3 is 18.3 Å². The van der Waals surface area contributed by atoms with E-state index in [4.69, 9.17) is 0 Å². The summed E-state index contributed by atoms with van der Waals surface area (Å²) in [5.74, 6) is -8.26. The Kier molecular flexibility index (Phi) is 17.6. The Balaban J connectivity index is 0.000000204. The van der Waals surface area contributed by atoms with E-state index < -0.39 is 78.2 Å². The molecule has 2 aliphatic carbocycles. The number of piperidine rings is 1. The van der Waals surface area contributed by atoms with Gasteiger partial charge in [0.25, 0.3) is 23.7 Å². The largest absolute Gasteiger partial charge is 0.481 e. The van der Waals surface area contributed by atoms with Gasteiger partial charge in [0, 0.05) is 62.8 Å². The molecule has 2 atom stereocenters. The van der Waals surface area contributed by atoms with Gasteiger partial charge in [0.1, 0.15) is 17.5 Å². The van der Waals surface area contributed by atoms with Crippen LogP contribution < -0.4 is 10.6 Å². The fraction of sp³-hybridized carbons (Fsp3) is 0.592. The van der Waals surface area contributed by atoms with Crippen molar-refractivity contribution in [3.8, 4) is 11.4 Å². The lowest BCUT2D eigenvalue weighted by molar-refractivity contribution is -0.138. The van der Waals surface area contributed by atoms with Crippen LogP contribution in [0.25, 0.3) is 11.4 Å². The highest BCUT2D eigenvalue weighted by molar-refractivity contribution is 5.91. The number of rotatable bonds is 18. The predicted molar refractivity (Wildman–Crippen MR) is 254 cm³/mol. The lowest BCUT2D eigenvalue weighted by Gasteiger charge is -2.33. The zero-order valence-corrected chi connectivity index (χ0v) is 41.6. The van der Waals surface area contributed by atoms with Crippen LogP contribution >= 0.6 is 0 Å². The van der Waals surface area contributed by atoms with Crippen molar-refractivity contribution in [3.63, 3.8) is 0 Å². The third-order valence-electron chi connectivity index (χ3n) is 14.2. The number of halogens is 10. The highest BCUT2D eigenvalue weighted by Crippen LogP contribution is 2.40. The van der Waals surface area contributed by atoms with Crippen LogP contribution in [0.15, 0.2) is 48.5 Å². The van der Waals surface area contributed by atoms with E-state index in [1.807, 2.05) is 0 Å². The Hall–Kier alpha value is -6.58. The number of nitrogens with one attached hydrogen (secondary N) is 3. The summed E-state index contributed by atoms with van der Waals surface area (Å²) >= 11 is 0. The van der Waals surface area contributed by atoms with Crippen LogP contribution in [0.4, 0.5) is 43.9 Å². The molecule has 2 aromatic carbocycles. The fourth-order valence-corrected chi connectivity index (χ4v) is 10.5. The molecule has 2 aliphatic heterocycles. The number of carbonyl (C=O) groups is 3. The number of hydrogen-bond donors (Lipinski definition) is 4. The van der Waals surface area contributed by atoms with Crippen molar-refractivity contribution in [2.45, 2.75) is 144 Å². The molecule has 2 saturated carbocycles. The second kappa shape index (κ2) is 24.0. The Morgan fingerprint density at radius 3 is 1.58 bits per heavy atom.